The molecule has 0 bridgehead atoms. The second-order valence-electron chi connectivity index (χ2n) is 9.78. The van der Waals surface area contributed by atoms with Crippen LogP contribution in [-0.4, -0.2) is 115 Å². The van der Waals surface area contributed by atoms with Gasteiger partial charge in [0.1, 0.15) is 36.5 Å². The SMILES string of the molecule is C[C@H](NC(=O)[C@@H](N)CCCCCCCC1(O)O[C@H](CO)[C@H](O)[C@H](O)[C@H]1O)C(=O)N1CCC[C@H]1C(=O)O. The summed E-state index contributed by atoms with van der Waals surface area (Å²) in [5.41, 5.74) is 5.94. The summed E-state index contributed by atoms with van der Waals surface area (Å²) in [7, 11) is 0. The fraction of sp³-hybridized carbons (Fsp3) is 0.870. The van der Waals surface area contributed by atoms with Crippen molar-refractivity contribution in [2.45, 2.75) is 113 Å². The number of carbonyl (C=O) groups excluding carboxylic acids is 2. The zero-order chi connectivity index (χ0) is 27.0. The Hall–Kier alpha value is -1.87. The minimum Gasteiger partial charge on any atom is -0.480 e. The van der Waals surface area contributed by atoms with Crippen molar-refractivity contribution in [3.8, 4) is 0 Å². The van der Waals surface area contributed by atoms with Gasteiger partial charge in [0.05, 0.1) is 12.6 Å². The number of hydrogen-bond donors (Lipinski definition) is 8. The number of amides is 2. The van der Waals surface area contributed by atoms with E-state index in [0.29, 0.717) is 45.1 Å². The first kappa shape index (κ1) is 30.4. The predicted octanol–water partition coefficient (Wildman–Crippen LogP) is -2.21. The van der Waals surface area contributed by atoms with E-state index in [0.717, 1.165) is 12.8 Å². The summed E-state index contributed by atoms with van der Waals surface area (Å²) in [6, 6.07) is -2.56. The van der Waals surface area contributed by atoms with Gasteiger partial charge in [-0.1, -0.05) is 25.7 Å². The van der Waals surface area contributed by atoms with Gasteiger partial charge in [-0.25, -0.2) is 4.79 Å². The molecule has 9 N–H and O–H groups in total. The molecule has 208 valence electrons. The molecule has 2 saturated heterocycles. The molecule has 13 nitrogen and oxygen atoms in total. The first-order valence-corrected chi connectivity index (χ1v) is 12.6. The van der Waals surface area contributed by atoms with Crippen LogP contribution in [0.1, 0.15) is 64.7 Å². The average Bonchev–Trinajstić information content (AvgIpc) is 3.34. The molecule has 2 aliphatic heterocycles. The molecule has 2 amide bonds. The molecule has 13 heteroatoms. The molecule has 0 aromatic rings. The summed E-state index contributed by atoms with van der Waals surface area (Å²) in [6.45, 7) is 1.23. The van der Waals surface area contributed by atoms with Crippen molar-refractivity contribution in [1.29, 1.82) is 0 Å². The number of aliphatic hydroxyl groups is 5. The van der Waals surface area contributed by atoms with Crippen molar-refractivity contribution in [2.75, 3.05) is 13.2 Å². The van der Waals surface area contributed by atoms with Gasteiger partial charge in [-0.3, -0.25) is 9.59 Å². The van der Waals surface area contributed by atoms with E-state index in [9.17, 15) is 45.0 Å². The summed E-state index contributed by atoms with van der Waals surface area (Å²) < 4.78 is 5.23. The van der Waals surface area contributed by atoms with Gasteiger partial charge in [-0.2, -0.15) is 0 Å². The van der Waals surface area contributed by atoms with E-state index < -0.39 is 72.7 Å². The van der Waals surface area contributed by atoms with Crippen molar-refractivity contribution in [1.82, 2.24) is 10.2 Å². The van der Waals surface area contributed by atoms with Gasteiger partial charge < -0.3 is 51.3 Å². The van der Waals surface area contributed by atoms with E-state index in [1.165, 1.54) is 11.8 Å². The standard InChI is InChI=1S/C23H41N3O10/c1-13(21(32)26-11-7-9-15(26)22(33)34)25-20(31)14(24)8-5-3-2-4-6-10-23(35)19(30)18(29)17(28)16(12-27)36-23/h13-19,27-30,35H,2-12,24H2,1H3,(H,25,31)(H,33,34)/t13-,14-,15-,16+,17-,18-,19+,23?/m0/s1. The van der Waals surface area contributed by atoms with Gasteiger partial charge in [0.25, 0.3) is 0 Å². The Morgan fingerprint density at radius 1 is 1.11 bits per heavy atom. The van der Waals surface area contributed by atoms with Crippen LogP contribution in [-0.2, 0) is 19.1 Å². The molecule has 0 saturated carbocycles. The summed E-state index contributed by atoms with van der Waals surface area (Å²) in [5, 5.41) is 61.3. The Morgan fingerprint density at radius 3 is 2.39 bits per heavy atom. The summed E-state index contributed by atoms with van der Waals surface area (Å²) in [5.74, 6) is -4.05. The number of ether oxygens (including phenoxy) is 1. The number of carboxylic acid groups (broad SMARTS) is 1. The maximum atomic E-state index is 12.5. The average molecular weight is 520 g/mol. The summed E-state index contributed by atoms with van der Waals surface area (Å²) in [6.07, 6.45) is -1.42. The number of aliphatic carboxylic acids is 1. The van der Waals surface area contributed by atoms with Gasteiger partial charge in [0.2, 0.25) is 11.8 Å². The highest BCUT2D eigenvalue weighted by molar-refractivity contribution is 5.91. The molecule has 0 aromatic heterocycles. The molecule has 0 spiro atoms. The molecule has 2 rings (SSSR count). The van der Waals surface area contributed by atoms with E-state index in [1.807, 2.05) is 0 Å². The summed E-state index contributed by atoms with van der Waals surface area (Å²) in [4.78, 5) is 37.4. The lowest BCUT2D eigenvalue weighted by Crippen LogP contribution is -2.65. The number of nitrogens with two attached hydrogens (primary N) is 1. The van der Waals surface area contributed by atoms with Crippen molar-refractivity contribution in [2.24, 2.45) is 5.73 Å². The number of carboxylic acids is 1. The number of carbonyl (C=O) groups is 3. The van der Waals surface area contributed by atoms with Crippen molar-refractivity contribution in [3.05, 3.63) is 0 Å². The molecule has 0 aliphatic carbocycles. The van der Waals surface area contributed by atoms with Crippen molar-refractivity contribution >= 4 is 17.8 Å². The Bertz CT molecular complexity index is 754. The van der Waals surface area contributed by atoms with E-state index in [4.69, 9.17) is 10.5 Å². The van der Waals surface area contributed by atoms with Crippen LogP contribution in [0.4, 0.5) is 0 Å². The second kappa shape index (κ2) is 13.6. The second-order valence-corrected chi connectivity index (χ2v) is 9.78. The predicted molar refractivity (Wildman–Crippen MR) is 125 cm³/mol. The van der Waals surface area contributed by atoms with Gasteiger partial charge in [-0.05, 0) is 32.6 Å². The largest absolute Gasteiger partial charge is 0.480 e. The molecule has 0 radical (unpaired) electrons. The van der Waals surface area contributed by atoms with Gasteiger partial charge >= 0.3 is 5.97 Å². The Morgan fingerprint density at radius 2 is 1.75 bits per heavy atom. The number of unbranched alkanes of at least 4 members (excludes halogenated alkanes) is 4. The molecular weight excluding hydrogens is 478 g/mol. The maximum absolute atomic E-state index is 12.5. The minimum atomic E-state index is -2.07. The molecule has 2 fully saturated rings. The first-order valence-electron chi connectivity index (χ1n) is 12.6. The van der Waals surface area contributed by atoms with Gasteiger partial charge in [0, 0.05) is 13.0 Å². The number of aliphatic hydroxyl groups excluding tert-OH is 4. The number of hydrogen-bond acceptors (Lipinski definition) is 10. The van der Waals surface area contributed by atoms with Crippen molar-refractivity contribution < 1.29 is 49.8 Å². The summed E-state index contributed by atoms with van der Waals surface area (Å²) >= 11 is 0. The highest BCUT2D eigenvalue weighted by Crippen LogP contribution is 2.32. The van der Waals surface area contributed by atoms with Crippen LogP contribution < -0.4 is 11.1 Å². The number of likely N-dealkylation sites (tertiary alicyclic amines) is 1. The van der Waals surface area contributed by atoms with Crippen LogP contribution in [0.25, 0.3) is 0 Å². The van der Waals surface area contributed by atoms with Gasteiger partial charge in [-0.15, -0.1) is 0 Å². The Balaban J connectivity index is 1.64. The number of nitrogens with one attached hydrogen (secondary N) is 1. The zero-order valence-corrected chi connectivity index (χ0v) is 20.7. The topological polar surface area (TPSA) is 223 Å². The molecule has 1 unspecified atom stereocenters. The number of nitrogens with zero attached hydrogens (tertiary/aromatic N) is 1. The van der Waals surface area contributed by atoms with E-state index in [1.54, 1.807) is 0 Å². The Kier molecular flexibility index (Phi) is 11.5. The number of rotatable bonds is 13. The van der Waals surface area contributed by atoms with Crippen LogP contribution in [0.5, 0.6) is 0 Å². The van der Waals surface area contributed by atoms with Crippen LogP contribution in [0.15, 0.2) is 0 Å². The highest BCUT2D eigenvalue weighted by atomic mass is 16.7. The third kappa shape index (κ3) is 7.57. The lowest BCUT2D eigenvalue weighted by molar-refractivity contribution is -0.351. The van der Waals surface area contributed by atoms with Crippen molar-refractivity contribution in [3.63, 3.8) is 0 Å². The lowest BCUT2D eigenvalue weighted by atomic mass is 9.89. The van der Waals surface area contributed by atoms with Crippen LogP contribution >= 0.6 is 0 Å². The molecule has 8 atom stereocenters. The van der Waals surface area contributed by atoms with E-state index in [2.05, 4.69) is 5.32 Å². The maximum Gasteiger partial charge on any atom is 0.326 e. The molecule has 36 heavy (non-hydrogen) atoms. The lowest BCUT2D eigenvalue weighted by Gasteiger charge is -2.45. The normalized spacial score (nSPS) is 32.2. The molecule has 0 aromatic carbocycles. The van der Waals surface area contributed by atoms with Crippen LogP contribution in [0, 0.1) is 0 Å². The van der Waals surface area contributed by atoms with Crippen LogP contribution in [0.3, 0.4) is 0 Å². The smallest absolute Gasteiger partial charge is 0.326 e. The molecule has 2 heterocycles. The first-order chi connectivity index (χ1) is 16.9. The third-order valence-corrected chi connectivity index (χ3v) is 6.99. The fourth-order valence-electron chi connectivity index (χ4n) is 4.75. The monoisotopic (exact) mass is 519 g/mol. The van der Waals surface area contributed by atoms with E-state index >= 15 is 0 Å². The highest BCUT2D eigenvalue weighted by Gasteiger charge is 2.52. The molecular formula is C23H41N3O10. The van der Waals surface area contributed by atoms with Crippen LogP contribution in [0.2, 0.25) is 0 Å². The fourth-order valence-corrected chi connectivity index (χ4v) is 4.75. The Labute approximate surface area is 210 Å². The zero-order valence-electron chi connectivity index (χ0n) is 20.7. The quantitative estimate of drug-likeness (QED) is 0.122. The van der Waals surface area contributed by atoms with E-state index in [-0.39, 0.29) is 6.42 Å². The minimum absolute atomic E-state index is 0.00202. The molecule has 2 aliphatic rings. The third-order valence-electron chi connectivity index (χ3n) is 6.99. The van der Waals surface area contributed by atoms with Gasteiger partial charge in [0.15, 0.2) is 5.79 Å².